The molecule has 62 heavy (non-hydrogen) atoms. The molecule has 4 heteroatoms. The van der Waals surface area contributed by atoms with E-state index in [2.05, 4.69) is 199 Å². The molecule has 0 unspecified atom stereocenters. The third-order valence-electron chi connectivity index (χ3n) is 11.6. The Kier molecular flexibility index (Phi) is 10.6. The Balaban J connectivity index is 0.938. The number of hydrogen-bond acceptors (Lipinski definition) is 4. The van der Waals surface area contributed by atoms with Gasteiger partial charge in [-0.15, -0.1) is 0 Å². The first-order valence-corrected chi connectivity index (χ1v) is 21.3. The molecule has 2 aliphatic carbocycles. The summed E-state index contributed by atoms with van der Waals surface area (Å²) in [4.78, 5) is 4.66. The van der Waals surface area contributed by atoms with E-state index in [1.54, 1.807) is 0 Å². The fourth-order valence-electron chi connectivity index (χ4n) is 8.60. The fourth-order valence-corrected chi connectivity index (χ4v) is 8.60. The van der Waals surface area contributed by atoms with E-state index in [0.717, 1.165) is 91.6 Å². The summed E-state index contributed by atoms with van der Waals surface area (Å²) in [5.74, 6) is 1.86. The molecule has 0 fully saturated rings. The van der Waals surface area contributed by atoms with Crippen LogP contribution in [-0.4, -0.2) is 0 Å². The Morgan fingerprint density at radius 2 is 1.37 bits per heavy atom. The third-order valence-corrected chi connectivity index (χ3v) is 11.6. The van der Waals surface area contributed by atoms with Crippen LogP contribution in [0, 0.1) is 0 Å². The van der Waals surface area contributed by atoms with Crippen molar-refractivity contribution in [1.29, 1.82) is 0 Å². The summed E-state index contributed by atoms with van der Waals surface area (Å²) in [6, 6.07) is 51.4. The minimum atomic E-state index is 0.765. The van der Waals surface area contributed by atoms with Crippen LogP contribution in [0.3, 0.4) is 0 Å². The van der Waals surface area contributed by atoms with E-state index < -0.39 is 0 Å². The van der Waals surface area contributed by atoms with Gasteiger partial charge >= 0.3 is 0 Å². The maximum absolute atomic E-state index is 6.27. The van der Waals surface area contributed by atoms with Crippen LogP contribution in [-0.2, 0) is 0 Å². The first-order valence-electron chi connectivity index (χ1n) is 21.3. The molecule has 7 aromatic rings. The summed E-state index contributed by atoms with van der Waals surface area (Å²) < 4.78 is 12.5. The van der Waals surface area contributed by atoms with Crippen molar-refractivity contribution in [3.63, 3.8) is 0 Å². The zero-order chi connectivity index (χ0) is 41.8. The number of furan rings is 1. The Bertz CT molecular complexity index is 3110. The van der Waals surface area contributed by atoms with Crippen LogP contribution in [0.1, 0.15) is 37.8 Å². The van der Waals surface area contributed by atoms with Gasteiger partial charge in [0, 0.05) is 56.9 Å². The minimum absolute atomic E-state index is 0.765. The third kappa shape index (κ3) is 7.71. The summed E-state index contributed by atoms with van der Waals surface area (Å²) in [5, 5.41) is 2.22. The molecule has 0 radical (unpaired) electrons. The molecule has 6 aromatic carbocycles. The van der Waals surface area contributed by atoms with E-state index >= 15 is 0 Å². The Labute approximate surface area is 363 Å². The number of para-hydroxylation sites is 3. The number of fused-ring (bicyclic) bond motifs is 7. The second kappa shape index (κ2) is 17.0. The molecule has 4 nitrogen and oxygen atoms in total. The van der Waals surface area contributed by atoms with E-state index in [1.165, 1.54) is 22.3 Å². The highest BCUT2D eigenvalue weighted by Gasteiger charge is 2.23. The number of ether oxygens (including phenoxy) is 1. The van der Waals surface area contributed by atoms with Gasteiger partial charge in [0.05, 0.1) is 0 Å². The molecule has 0 saturated carbocycles. The molecule has 2 bridgehead atoms. The summed E-state index contributed by atoms with van der Waals surface area (Å²) in [5.41, 5.74) is 15.5. The highest BCUT2D eigenvalue weighted by atomic mass is 16.5. The van der Waals surface area contributed by atoms with Crippen LogP contribution in [0.2, 0.25) is 0 Å². The minimum Gasteiger partial charge on any atom is -0.461 e. The van der Waals surface area contributed by atoms with Gasteiger partial charge in [0.2, 0.25) is 0 Å². The fraction of sp³-hybridized carbons (Fsp3) is 0.0690. The van der Waals surface area contributed by atoms with Crippen molar-refractivity contribution >= 4 is 50.1 Å². The molecule has 2 heterocycles. The van der Waals surface area contributed by atoms with Crippen LogP contribution in [0.5, 0.6) is 5.75 Å². The second-order valence-electron chi connectivity index (χ2n) is 15.7. The SMILES string of the molecule is C\C=C/C=C\C=C(/C)N(C1=CCC=C(c2cccc(-c3ccc(N(C4=CC=C5CC(=C4)c4ccccc4O5)c4ccccc4)cc3)c2)C=C1)c1ccc2oc3ccccc3c2c1. The van der Waals surface area contributed by atoms with Crippen molar-refractivity contribution in [3.8, 4) is 16.9 Å². The van der Waals surface area contributed by atoms with Crippen LogP contribution in [0.25, 0.3) is 44.2 Å². The van der Waals surface area contributed by atoms with Crippen LogP contribution in [0.4, 0.5) is 17.1 Å². The van der Waals surface area contributed by atoms with Crippen molar-refractivity contribution in [3.05, 3.63) is 252 Å². The van der Waals surface area contributed by atoms with Crippen LogP contribution in [0.15, 0.2) is 246 Å². The molecule has 0 atom stereocenters. The van der Waals surface area contributed by atoms with Crippen molar-refractivity contribution in [2.24, 2.45) is 0 Å². The average molecular weight is 803 g/mol. The predicted molar refractivity (Wildman–Crippen MR) is 260 cm³/mol. The quantitative estimate of drug-likeness (QED) is 0.129. The molecule has 0 amide bonds. The maximum Gasteiger partial charge on any atom is 0.135 e. The molecular weight excluding hydrogens is 757 g/mol. The lowest BCUT2D eigenvalue weighted by molar-refractivity contribution is 0.407. The van der Waals surface area contributed by atoms with Gasteiger partial charge in [-0.3, -0.25) is 0 Å². The average Bonchev–Trinajstić information content (AvgIpc) is 3.40. The lowest BCUT2D eigenvalue weighted by atomic mass is 9.97. The van der Waals surface area contributed by atoms with Crippen molar-refractivity contribution in [2.45, 2.75) is 26.7 Å². The number of anilines is 3. The molecule has 10 rings (SSSR count). The predicted octanol–water partition coefficient (Wildman–Crippen LogP) is 15.8. The zero-order valence-corrected chi connectivity index (χ0v) is 34.9. The smallest absolute Gasteiger partial charge is 0.135 e. The van der Waals surface area contributed by atoms with Gasteiger partial charge in [-0.1, -0.05) is 127 Å². The summed E-state index contributed by atoms with van der Waals surface area (Å²) in [6.45, 7) is 4.20. The Morgan fingerprint density at radius 3 is 2.26 bits per heavy atom. The molecule has 300 valence electrons. The highest BCUT2D eigenvalue weighted by molar-refractivity contribution is 6.06. The van der Waals surface area contributed by atoms with E-state index in [4.69, 9.17) is 9.15 Å². The first kappa shape index (κ1) is 38.4. The van der Waals surface area contributed by atoms with Gasteiger partial charge in [0.15, 0.2) is 0 Å². The number of hydrogen-bond donors (Lipinski definition) is 0. The molecule has 1 aromatic heterocycles. The molecule has 0 saturated heterocycles. The molecule has 1 aliphatic heterocycles. The number of rotatable bonds is 10. The highest BCUT2D eigenvalue weighted by Crippen LogP contribution is 2.42. The second-order valence-corrected chi connectivity index (χ2v) is 15.7. The first-order chi connectivity index (χ1) is 30.6. The van der Waals surface area contributed by atoms with E-state index in [9.17, 15) is 0 Å². The summed E-state index contributed by atoms with van der Waals surface area (Å²) >= 11 is 0. The number of nitrogens with zero attached hydrogens (tertiary/aromatic N) is 2. The Hall–Kier alpha value is -7.82. The molecule has 0 spiro atoms. The normalized spacial score (nSPS) is 15.0. The van der Waals surface area contributed by atoms with Gasteiger partial charge in [0.1, 0.15) is 22.7 Å². The van der Waals surface area contributed by atoms with Crippen molar-refractivity contribution < 1.29 is 9.15 Å². The summed E-state index contributed by atoms with van der Waals surface area (Å²) in [6.07, 6.45) is 27.7. The van der Waals surface area contributed by atoms with Crippen molar-refractivity contribution in [2.75, 3.05) is 9.80 Å². The standard InChI is InChI=1S/C58H46N2O2/c1-3-4-5-7-16-41(2)59(51-34-36-58-55(40-51)54-24-11-13-26-57(54)62-58)48-22-15-17-42(27-30-48)44-18-14-19-45(37-44)43-28-31-49(32-29-43)60(47-20-8-6-9-21-47)50-33-35-52-39-46(38-50)53-23-10-12-25-56(53)61-52/h3-14,16-38,40H,15,39H2,1-2H3/b4-3-,7-5-,41-16+. The zero-order valence-electron chi connectivity index (χ0n) is 34.9. The van der Waals surface area contributed by atoms with Gasteiger partial charge in [0.25, 0.3) is 0 Å². The monoisotopic (exact) mass is 802 g/mol. The molecule has 3 aliphatic rings. The molecule has 0 N–H and O–H groups in total. The Morgan fingerprint density at radius 1 is 0.597 bits per heavy atom. The van der Waals surface area contributed by atoms with Crippen LogP contribution >= 0.6 is 0 Å². The van der Waals surface area contributed by atoms with Gasteiger partial charge in [-0.05, 0) is 139 Å². The maximum atomic E-state index is 6.27. The van der Waals surface area contributed by atoms with Crippen LogP contribution < -0.4 is 14.5 Å². The molecular formula is C58H46N2O2. The van der Waals surface area contributed by atoms with E-state index in [-0.39, 0.29) is 0 Å². The lowest BCUT2D eigenvalue weighted by Crippen LogP contribution is -2.19. The topological polar surface area (TPSA) is 28.9 Å². The van der Waals surface area contributed by atoms with Gasteiger partial charge in [-0.2, -0.15) is 0 Å². The van der Waals surface area contributed by atoms with E-state index in [0.29, 0.717) is 0 Å². The number of allylic oxidation sites excluding steroid dienone is 15. The largest absolute Gasteiger partial charge is 0.461 e. The number of benzene rings is 6. The lowest BCUT2D eigenvalue weighted by Gasteiger charge is -2.27. The van der Waals surface area contributed by atoms with E-state index in [1.807, 2.05) is 43.3 Å². The summed E-state index contributed by atoms with van der Waals surface area (Å²) in [7, 11) is 0. The van der Waals surface area contributed by atoms with Gasteiger partial charge < -0.3 is 19.0 Å². The van der Waals surface area contributed by atoms with Crippen molar-refractivity contribution in [1.82, 2.24) is 0 Å². The van der Waals surface area contributed by atoms with Gasteiger partial charge in [-0.25, -0.2) is 0 Å².